The molecule has 62 valence electrons. The zero-order chi connectivity index (χ0) is 8.18. The zero-order valence-electron chi connectivity index (χ0n) is 6.64. The van der Waals surface area contributed by atoms with E-state index in [1.54, 1.807) is 6.07 Å². The summed E-state index contributed by atoms with van der Waals surface area (Å²) in [5, 5.41) is 0. The first kappa shape index (κ1) is 6.61. The van der Waals surface area contributed by atoms with Gasteiger partial charge >= 0.3 is 0 Å². The number of hydrogen-bond donors (Lipinski definition) is 0. The first-order chi connectivity index (χ1) is 5.82. The molecule has 1 aromatic rings. The molecule has 0 amide bonds. The van der Waals surface area contributed by atoms with E-state index in [9.17, 15) is 4.39 Å². The molecule has 1 aliphatic carbocycles. The summed E-state index contributed by atoms with van der Waals surface area (Å²) in [6.07, 6.45) is 1.80. The molecule has 0 radical (unpaired) electrons. The summed E-state index contributed by atoms with van der Waals surface area (Å²) in [4.78, 5) is 0. The molecule has 2 heteroatoms. The molecule has 1 nitrogen and oxygen atoms in total. The number of halogens is 1. The number of fused-ring (bicyclic) bond motifs is 2. The molecule has 1 spiro atoms. The van der Waals surface area contributed by atoms with Crippen LogP contribution in [0.2, 0.25) is 0 Å². The summed E-state index contributed by atoms with van der Waals surface area (Å²) in [6.45, 7) is 0.781. The van der Waals surface area contributed by atoms with E-state index in [4.69, 9.17) is 4.74 Å². The number of ether oxygens (including phenoxy) is 1. The highest BCUT2D eigenvalue weighted by atomic mass is 19.1. The third kappa shape index (κ3) is 0.661. The highest BCUT2D eigenvalue weighted by Gasteiger charge is 2.51. The fourth-order valence-electron chi connectivity index (χ4n) is 2.09. The molecular formula is C10H9FO. The van der Waals surface area contributed by atoms with Gasteiger partial charge in [0.1, 0.15) is 11.4 Å². The van der Waals surface area contributed by atoms with Crippen LogP contribution in [0.4, 0.5) is 4.39 Å². The van der Waals surface area contributed by atoms with E-state index < -0.39 is 0 Å². The second kappa shape index (κ2) is 1.88. The molecule has 0 aromatic heterocycles. The lowest BCUT2D eigenvalue weighted by atomic mass is 10.0. The molecule has 3 rings (SSSR count). The maximum Gasteiger partial charge on any atom is 0.126 e. The fraction of sp³-hybridized carbons (Fsp3) is 0.400. The molecular weight excluding hydrogens is 155 g/mol. The van der Waals surface area contributed by atoms with Crippen molar-refractivity contribution in [1.29, 1.82) is 0 Å². The molecule has 0 saturated carbocycles. The van der Waals surface area contributed by atoms with Crippen LogP contribution in [0.5, 0.6) is 0 Å². The van der Waals surface area contributed by atoms with E-state index in [1.807, 2.05) is 6.07 Å². The molecule has 2 aliphatic rings. The zero-order valence-corrected chi connectivity index (χ0v) is 6.64. The van der Waals surface area contributed by atoms with Crippen LogP contribution in [0.15, 0.2) is 18.2 Å². The van der Waals surface area contributed by atoms with E-state index in [2.05, 4.69) is 0 Å². The topological polar surface area (TPSA) is 12.5 Å². The van der Waals surface area contributed by atoms with Gasteiger partial charge in [-0.15, -0.1) is 0 Å². The van der Waals surface area contributed by atoms with Gasteiger partial charge in [0.25, 0.3) is 0 Å². The van der Waals surface area contributed by atoms with Crippen molar-refractivity contribution < 1.29 is 9.13 Å². The largest absolute Gasteiger partial charge is 0.364 e. The van der Waals surface area contributed by atoms with Gasteiger partial charge in [-0.05, 0) is 30.0 Å². The second-order valence-corrected chi connectivity index (χ2v) is 3.55. The number of benzene rings is 1. The van der Waals surface area contributed by atoms with Crippen LogP contribution in [-0.4, -0.2) is 6.61 Å². The van der Waals surface area contributed by atoms with E-state index in [0.29, 0.717) is 0 Å². The first-order valence-electron chi connectivity index (χ1n) is 4.24. The van der Waals surface area contributed by atoms with Crippen molar-refractivity contribution in [2.75, 3.05) is 6.61 Å². The van der Waals surface area contributed by atoms with Gasteiger partial charge < -0.3 is 4.74 Å². The van der Waals surface area contributed by atoms with E-state index in [-0.39, 0.29) is 11.4 Å². The van der Waals surface area contributed by atoms with Crippen molar-refractivity contribution in [2.45, 2.75) is 18.4 Å². The van der Waals surface area contributed by atoms with Gasteiger partial charge in [0.05, 0.1) is 6.61 Å². The molecule has 0 bridgehead atoms. The van der Waals surface area contributed by atoms with Gasteiger partial charge in [0, 0.05) is 0 Å². The molecule has 1 saturated heterocycles. The van der Waals surface area contributed by atoms with Gasteiger partial charge in [-0.3, -0.25) is 0 Å². The van der Waals surface area contributed by atoms with E-state index in [1.165, 1.54) is 6.07 Å². The Hall–Kier alpha value is -0.890. The molecule has 1 heterocycles. The minimum atomic E-state index is -0.0720. The van der Waals surface area contributed by atoms with Crippen LogP contribution < -0.4 is 0 Å². The van der Waals surface area contributed by atoms with Gasteiger partial charge in [-0.1, -0.05) is 12.1 Å². The average Bonchev–Trinajstić information content (AvgIpc) is 2.73. The third-order valence-electron chi connectivity index (χ3n) is 2.88. The van der Waals surface area contributed by atoms with Crippen LogP contribution in [-0.2, 0) is 16.8 Å². The quantitative estimate of drug-likeness (QED) is 0.534. The Balaban J connectivity index is 2.23. The van der Waals surface area contributed by atoms with Crippen LogP contribution in [0.3, 0.4) is 0 Å². The molecule has 12 heavy (non-hydrogen) atoms. The van der Waals surface area contributed by atoms with Crippen LogP contribution in [0.1, 0.15) is 17.5 Å². The van der Waals surface area contributed by atoms with Crippen molar-refractivity contribution in [3.63, 3.8) is 0 Å². The highest BCUT2D eigenvalue weighted by molar-refractivity contribution is 5.41. The maximum atomic E-state index is 13.2. The average molecular weight is 164 g/mol. The van der Waals surface area contributed by atoms with Crippen molar-refractivity contribution in [3.8, 4) is 0 Å². The van der Waals surface area contributed by atoms with E-state index >= 15 is 0 Å². The Morgan fingerprint density at radius 1 is 1.42 bits per heavy atom. The fourth-order valence-corrected chi connectivity index (χ4v) is 2.09. The SMILES string of the molecule is Fc1cccc2c1CCC21CO1. The van der Waals surface area contributed by atoms with Crippen LogP contribution in [0, 0.1) is 5.82 Å². The number of hydrogen-bond acceptors (Lipinski definition) is 1. The molecule has 0 N–H and O–H groups in total. The lowest BCUT2D eigenvalue weighted by molar-refractivity contribution is 0.308. The third-order valence-corrected chi connectivity index (χ3v) is 2.88. The summed E-state index contributed by atoms with van der Waals surface area (Å²) in [6, 6.07) is 5.28. The lowest BCUT2D eigenvalue weighted by Crippen LogP contribution is -2.01. The minimum absolute atomic E-state index is 0.0696. The summed E-state index contributed by atoms with van der Waals surface area (Å²) in [7, 11) is 0. The summed E-state index contributed by atoms with van der Waals surface area (Å²) >= 11 is 0. The first-order valence-corrected chi connectivity index (χ1v) is 4.24. The van der Waals surface area contributed by atoms with Gasteiger partial charge in [-0.25, -0.2) is 4.39 Å². The molecule has 1 atom stereocenters. The van der Waals surface area contributed by atoms with Gasteiger partial charge in [0.2, 0.25) is 0 Å². The molecule has 1 fully saturated rings. The Kier molecular flexibility index (Phi) is 1.04. The van der Waals surface area contributed by atoms with Crippen LogP contribution in [0.25, 0.3) is 0 Å². The lowest BCUT2D eigenvalue weighted by Gasteiger charge is -2.03. The Morgan fingerprint density at radius 3 is 3.00 bits per heavy atom. The predicted octanol–water partition coefficient (Wildman–Crippen LogP) is 2.00. The highest BCUT2D eigenvalue weighted by Crippen LogP contribution is 2.49. The number of epoxide rings is 1. The van der Waals surface area contributed by atoms with Crippen molar-refractivity contribution in [2.24, 2.45) is 0 Å². The molecule has 1 aromatic carbocycles. The molecule has 1 aliphatic heterocycles. The van der Waals surface area contributed by atoms with Crippen molar-refractivity contribution in [1.82, 2.24) is 0 Å². The maximum absolute atomic E-state index is 13.2. The number of rotatable bonds is 0. The van der Waals surface area contributed by atoms with Crippen molar-refractivity contribution in [3.05, 3.63) is 35.1 Å². The van der Waals surface area contributed by atoms with E-state index in [0.717, 1.165) is 30.6 Å². The van der Waals surface area contributed by atoms with Crippen LogP contribution >= 0.6 is 0 Å². The second-order valence-electron chi connectivity index (χ2n) is 3.55. The standard InChI is InChI=1S/C10H9FO/c11-9-3-1-2-8-7(9)4-5-10(8)6-12-10/h1-3H,4-6H2. The summed E-state index contributed by atoms with van der Waals surface area (Å²) < 4.78 is 18.6. The predicted molar refractivity (Wildman–Crippen MR) is 42.4 cm³/mol. The smallest absolute Gasteiger partial charge is 0.126 e. The minimum Gasteiger partial charge on any atom is -0.364 e. The Labute approximate surface area is 70.2 Å². The summed E-state index contributed by atoms with van der Waals surface area (Å²) in [5.41, 5.74) is 1.88. The molecule has 1 unspecified atom stereocenters. The normalized spacial score (nSPS) is 30.8. The Morgan fingerprint density at radius 2 is 2.25 bits per heavy atom. The van der Waals surface area contributed by atoms with Crippen molar-refractivity contribution >= 4 is 0 Å². The summed E-state index contributed by atoms with van der Waals surface area (Å²) in [5.74, 6) is -0.0696. The van der Waals surface area contributed by atoms with Gasteiger partial charge in [-0.2, -0.15) is 0 Å². The monoisotopic (exact) mass is 164 g/mol. The Bertz CT molecular complexity index is 342. The van der Waals surface area contributed by atoms with Gasteiger partial charge in [0.15, 0.2) is 0 Å².